The van der Waals surface area contributed by atoms with Crippen molar-refractivity contribution >= 4 is 5.97 Å². The summed E-state index contributed by atoms with van der Waals surface area (Å²) in [6, 6.07) is -0.731. The van der Waals surface area contributed by atoms with Crippen LogP contribution >= 0.6 is 0 Å². The third-order valence-electron chi connectivity index (χ3n) is 1.55. The maximum absolute atomic E-state index is 9.57. The molecule has 0 rings (SSSR count). The summed E-state index contributed by atoms with van der Waals surface area (Å²) in [4.78, 5) is 9.57. The summed E-state index contributed by atoms with van der Waals surface area (Å²) in [5, 5.41) is 7.87. The van der Waals surface area contributed by atoms with E-state index in [0.717, 1.165) is 25.9 Å². The van der Waals surface area contributed by atoms with Crippen molar-refractivity contribution in [2.45, 2.75) is 38.6 Å². The molecule has 0 aromatic carbocycles. The normalized spacial score (nSPS) is 11.4. The van der Waals surface area contributed by atoms with Crippen molar-refractivity contribution in [2.75, 3.05) is 13.1 Å². The Balaban J connectivity index is 0. The lowest BCUT2D eigenvalue weighted by molar-refractivity contribution is -0.138. The van der Waals surface area contributed by atoms with E-state index in [1.165, 1.54) is 19.8 Å². The SMILES string of the molecule is CC(N)C(=O)O.NCCCCCCN. The molecule has 0 aliphatic carbocycles. The molecule has 14 heavy (non-hydrogen) atoms. The van der Waals surface area contributed by atoms with Crippen LogP contribution in [0.2, 0.25) is 0 Å². The van der Waals surface area contributed by atoms with Crippen molar-refractivity contribution in [1.82, 2.24) is 0 Å². The second-order valence-corrected chi connectivity index (χ2v) is 3.12. The van der Waals surface area contributed by atoms with Gasteiger partial charge in [-0.15, -0.1) is 0 Å². The van der Waals surface area contributed by atoms with Crippen molar-refractivity contribution in [3.05, 3.63) is 0 Å². The highest BCUT2D eigenvalue weighted by molar-refractivity contribution is 5.72. The van der Waals surface area contributed by atoms with E-state index < -0.39 is 12.0 Å². The standard InChI is InChI=1S/C6H16N2.C3H7NO2/c7-5-3-1-2-4-6-8;1-2(4)3(5)6/h1-8H2;2H,4H2,1H3,(H,5,6). The van der Waals surface area contributed by atoms with Crippen molar-refractivity contribution in [3.8, 4) is 0 Å². The molecule has 0 saturated heterocycles. The summed E-state index contributed by atoms with van der Waals surface area (Å²) in [5.74, 6) is -0.963. The lowest BCUT2D eigenvalue weighted by Gasteiger charge is -1.94. The quantitative estimate of drug-likeness (QED) is 0.451. The van der Waals surface area contributed by atoms with Gasteiger partial charge >= 0.3 is 5.97 Å². The molecule has 0 spiro atoms. The number of aliphatic carboxylic acids is 1. The Morgan fingerprint density at radius 3 is 1.57 bits per heavy atom. The fourth-order valence-corrected chi connectivity index (χ4v) is 0.642. The molecule has 5 nitrogen and oxygen atoms in total. The van der Waals surface area contributed by atoms with E-state index in [1.54, 1.807) is 0 Å². The summed E-state index contributed by atoms with van der Waals surface area (Å²) in [6.07, 6.45) is 4.79. The smallest absolute Gasteiger partial charge is 0.320 e. The maximum Gasteiger partial charge on any atom is 0.320 e. The zero-order chi connectivity index (χ0) is 11.4. The molecule has 0 amide bonds. The second-order valence-electron chi connectivity index (χ2n) is 3.12. The molecule has 7 N–H and O–H groups in total. The molecule has 0 bridgehead atoms. The molecule has 1 unspecified atom stereocenters. The second kappa shape index (κ2) is 12.3. The molecule has 0 radical (unpaired) electrons. The predicted octanol–water partition coefficient (Wildman–Crippen LogP) is -0.118. The van der Waals surface area contributed by atoms with E-state index in [2.05, 4.69) is 0 Å². The Labute approximate surface area is 85.6 Å². The lowest BCUT2D eigenvalue weighted by atomic mass is 10.2. The molecular weight excluding hydrogens is 182 g/mol. The minimum atomic E-state index is -0.963. The first kappa shape index (κ1) is 15.8. The first-order valence-corrected chi connectivity index (χ1v) is 4.94. The number of carbonyl (C=O) groups is 1. The predicted molar refractivity (Wildman–Crippen MR) is 57.9 cm³/mol. The topological polar surface area (TPSA) is 115 Å². The molecule has 0 heterocycles. The number of hydrogen-bond acceptors (Lipinski definition) is 4. The minimum Gasteiger partial charge on any atom is -0.480 e. The van der Waals surface area contributed by atoms with Crippen LogP contribution in [-0.2, 0) is 4.79 Å². The number of rotatable bonds is 6. The molecule has 5 heteroatoms. The van der Waals surface area contributed by atoms with Crippen molar-refractivity contribution in [1.29, 1.82) is 0 Å². The third kappa shape index (κ3) is 17.4. The lowest BCUT2D eigenvalue weighted by Crippen LogP contribution is -2.25. The van der Waals surface area contributed by atoms with Crippen molar-refractivity contribution in [3.63, 3.8) is 0 Å². The molecule has 86 valence electrons. The van der Waals surface area contributed by atoms with Crippen LogP contribution in [0.3, 0.4) is 0 Å². The molecule has 0 saturated carbocycles. The highest BCUT2D eigenvalue weighted by Gasteiger charge is 1.99. The fourth-order valence-electron chi connectivity index (χ4n) is 0.642. The van der Waals surface area contributed by atoms with Gasteiger partial charge in [0.1, 0.15) is 6.04 Å². The first-order chi connectivity index (χ1) is 6.56. The summed E-state index contributed by atoms with van der Waals surface area (Å²) in [5.41, 5.74) is 15.4. The summed E-state index contributed by atoms with van der Waals surface area (Å²) >= 11 is 0. The number of carboxylic acids is 1. The van der Waals surface area contributed by atoms with E-state index >= 15 is 0 Å². The Bertz CT molecular complexity index is 123. The van der Waals surface area contributed by atoms with E-state index in [1.807, 2.05) is 0 Å². The Morgan fingerprint density at radius 2 is 1.43 bits per heavy atom. The van der Waals surface area contributed by atoms with Crippen LogP contribution < -0.4 is 17.2 Å². The van der Waals surface area contributed by atoms with Gasteiger partial charge in [0.15, 0.2) is 0 Å². The number of hydrogen-bond donors (Lipinski definition) is 4. The van der Waals surface area contributed by atoms with Gasteiger partial charge in [-0.3, -0.25) is 4.79 Å². The Morgan fingerprint density at radius 1 is 1.14 bits per heavy atom. The highest BCUT2D eigenvalue weighted by Crippen LogP contribution is 1.95. The van der Waals surface area contributed by atoms with Gasteiger partial charge in [-0.25, -0.2) is 0 Å². The largest absolute Gasteiger partial charge is 0.480 e. The van der Waals surface area contributed by atoms with E-state index in [9.17, 15) is 4.79 Å². The van der Waals surface area contributed by atoms with Crippen molar-refractivity contribution in [2.24, 2.45) is 17.2 Å². The molecule has 0 aliphatic heterocycles. The Hall–Kier alpha value is -0.650. The molecule has 1 atom stereocenters. The monoisotopic (exact) mass is 205 g/mol. The summed E-state index contributed by atoms with van der Waals surface area (Å²) in [7, 11) is 0. The van der Waals surface area contributed by atoms with Gasteiger partial charge in [-0.2, -0.15) is 0 Å². The van der Waals surface area contributed by atoms with Crippen LogP contribution in [0.1, 0.15) is 32.6 Å². The molecule has 0 fully saturated rings. The van der Waals surface area contributed by atoms with Crippen molar-refractivity contribution < 1.29 is 9.90 Å². The van der Waals surface area contributed by atoms with Crippen LogP contribution in [0.25, 0.3) is 0 Å². The molecular formula is C9H23N3O2. The van der Waals surface area contributed by atoms with E-state index in [-0.39, 0.29) is 0 Å². The van der Waals surface area contributed by atoms with Crippen LogP contribution in [-0.4, -0.2) is 30.2 Å². The number of carboxylic acid groups (broad SMARTS) is 1. The number of unbranched alkanes of at least 4 members (excludes halogenated alkanes) is 3. The minimum absolute atomic E-state index is 0.731. The average molecular weight is 205 g/mol. The van der Waals surface area contributed by atoms with Crippen LogP contribution in [0.4, 0.5) is 0 Å². The van der Waals surface area contributed by atoms with Crippen LogP contribution in [0.15, 0.2) is 0 Å². The summed E-state index contributed by atoms with van der Waals surface area (Å²) < 4.78 is 0. The molecule has 0 aromatic heterocycles. The fraction of sp³-hybridized carbons (Fsp3) is 0.889. The van der Waals surface area contributed by atoms with E-state index in [4.69, 9.17) is 22.3 Å². The highest BCUT2D eigenvalue weighted by atomic mass is 16.4. The third-order valence-corrected chi connectivity index (χ3v) is 1.55. The average Bonchev–Trinajstić information content (AvgIpc) is 2.13. The molecule has 0 aliphatic rings. The van der Waals surface area contributed by atoms with E-state index in [0.29, 0.717) is 0 Å². The van der Waals surface area contributed by atoms with Gasteiger partial charge < -0.3 is 22.3 Å². The van der Waals surface area contributed by atoms with Gasteiger partial charge in [0.05, 0.1) is 0 Å². The van der Waals surface area contributed by atoms with Crippen LogP contribution in [0.5, 0.6) is 0 Å². The maximum atomic E-state index is 9.57. The zero-order valence-electron chi connectivity index (χ0n) is 8.91. The summed E-state index contributed by atoms with van der Waals surface area (Å²) in [6.45, 7) is 3.07. The number of nitrogens with two attached hydrogens (primary N) is 3. The van der Waals surface area contributed by atoms with Gasteiger partial charge in [0.25, 0.3) is 0 Å². The van der Waals surface area contributed by atoms with Crippen LogP contribution in [0, 0.1) is 0 Å². The van der Waals surface area contributed by atoms with Gasteiger partial charge in [0.2, 0.25) is 0 Å². The van der Waals surface area contributed by atoms with Gasteiger partial charge in [0, 0.05) is 0 Å². The zero-order valence-corrected chi connectivity index (χ0v) is 8.91. The first-order valence-electron chi connectivity index (χ1n) is 4.94. The molecule has 0 aromatic rings. The van der Waals surface area contributed by atoms with Gasteiger partial charge in [-0.1, -0.05) is 12.8 Å². The van der Waals surface area contributed by atoms with Gasteiger partial charge in [-0.05, 0) is 32.9 Å². The Kier molecular flexibility index (Phi) is 13.9.